The molecule has 0 aliphatic heterocycles. The number of ether oxygens (including phenoxy) is 2. The molecule has 0 aromatic heterocycles. The number of aliphatic carboxylic acids is 1. The third-order valence-corrected chi connectivity index (χ3v) is 4.76. The molecule has 2 aromatic carbocycles. The summed E-state index contributed by atoms with van der Waals surface area (Å²) >= 11 is 0. The largest absolute Gasteiger partial charge is 0.496 e. The Morgan fingerprint density at radius 2 is 1.61 bits per heavy atom. The number of carbonyl (C=O) groups is 1. The van der Waals surface area contributed by atoms with Crippen molar-refractivity contribution in [2.24, 2.45) is 5.41 Å². The fraction of sp³-hybridized carbons (Fsp3) is 0.409. The van der Waals surface area contributed by atoms with Crippen LogP contribution in [0.1, 0.15) is 31.4 Å². The first kappa shape index (κ1) is 21.7. The van der Waals surface area contributed by atoms with Crippen LogP contribution in [0.3, 0.4) is 0 Å². The monoisotopic (exact) mass is 390 g/mol. The Balaban J connectivity index is 2.29. The van der Waals surface area contributed by atoms with Crippen LogP contribution in [0.4, 0.5) is 4.39 Å². The fourth-order valence-electron chi connectivity index (χ4n) is 3.63. The van der Waals surface area contributed by atoms with E-state index in [0.717, 1.165) is 0 Å². The van der Waals surface area contributed by atoms with Crippen LogP contribution >= 0.6 is 0 Å². The van der Waals surface area contributed by atoms with Crippen molar-refractivity contribution in [1.82, 2.24) is 0 Å². The molecule has 2 rings (SSSR count). The lowest BCUT2D eigenvalue weighted by Crippen LogP contribution is -2.45. The molecule has 0 saturated heterocycles. The number of halogens is 1. The van der Waals surface area contributed by atoms with Gasteiger partial charge in [0.15, 0.2) is 5.60 Å². The zero-order chi connectivity index (χ0) is 20.9. The first-order valence-electron chi connectivity index (χ1n) is 9.00. The molecule has 5 nitrogen and oxygen atoms in total. The summed E-state index contributed by atoms with van der Waals surface area (Å²) in [5.74, 6) is -0.656. The summed E-state index contributed by atoms with van der Waals surface area (Å²) in [5, 5.41) is 20.8. The smallest absolute Gasteiger partial charge is 0.336 e. The number of carboxylic acids is 1. The van der Waals surface area contributed by atoms with Gasteiger partial charge < -0.3 is 19.7 Å². The molecule has 0 amide bonds. The van der Waals surface area contributed by atoms with Gasteiger partial charge in [-0.15, -0.1) is 0 Å². The lowest BCUT2D eigenvalue weighted by atomic mass is 9.74. The predicted octanol–water partition coefficient (Wildman–Crippen LogP) is 3.86. The maximum absolute atomic E-state index is 13.7. The molecule has 1 unspecified atom stereocenters. The Morgan fingerprint density at radius 3 is 2.21 bits per heavy atom. The number of methoxy groups -OCH3 is 2. The molecule has 6 heteroatoms. The van der Waals surface area contributed by atoms with Crippen LogP contribution in [0.15, 0.2) is 42.5 Å². The highest BCUT2D eigenvalue weighted by Gasteiger charge is 2.42. The second-order valence-corrected chi connectivity index (χ2v) is 7.80. The topological polar surface area (TPSA) is 76.0 Å². The maximum atomic E-state index is 13.7. The quantitative estimate of drug-likeness (QED) is 0.680. The Bertz CT molecular complexity index is 833. The highest BCUT2D eigenvalue weighted by Crippen LogP contribution is 2.37. The van der Waals surface area contributed by atoms with E-state index in [4.69, 9.17) is 9.47 Å². The van der Waals surface area contributed by atoms with Crippen LogP contribution in [-0.4, -0.2) is 36.0 Å². The van der Waals surface area contributed by atoms with Crippen LogP contribution in [0.5, 0.6) is 11.5 Å². The first-order valence-corrected chi connectivity index (χ1v) is 9.00. The highest BCUT2D eigenvalue weighted by molar-refractivity contribution is 5.78. The molecule has 1 atom stereocenters. The van der Waals surface area contributed by atoms with E-state index in [1.807, 2.05) is 13.8 Å². The van der Waals surface area contributed by atoms with Crippen molar-refractivity contribution in [3.8, 4) is 11.5 Å². The molecular weight excluding hydrogens is 363 g/mol. The third-order valence-electron chi connectivity index (χ3n) is 4.76. The average molecular weight is 390 g/mol. The molecule has 2 N–H and O–H groups in total. The third kappa shape index (κ3) is 5.23. The molecule has 0 spiro atoms. The Morgan fingerprint density at radius 1 is 1.00 bits per heavy atom. The van der Waals surface area contributed by atoms with Crippen LogP contribution in [0.25, 0.3) is 0 Å². The molecule has 2 aromatic rings. The number of hydrogen-bond donors (Lipinski definition) is 2. The SMILES string of the molecule is COc1ccc(F)cc1CC(C)(C)CC(O)(Cc1ccccc1OC)C(=O)O. The second kappa shape index (κ2) is 8.61. The second-order valence-electron chi connectivity index (χ2n) is 7.80. The zero-order valence-electron chi connectivity index (χ0n) is 16.7. The van der Waals surface area contributed by atoms with E-state index in [1.54, 1.807) is 30.3 Å². The van der Waals surface area contributed by atoms with Crippen molar-refractivity contribution in [3.05, 3.63) is 59.4 Å². The van der Waals surface area contributed by atoms with Crippen molar-refractivity contribution in [1.29, 1.82) is 0 Å². The van der Waals surface area contributed by atoms with E-state index in [0.29, 0.717) is 29.0 Å². The summed E-state index contributed by atoms with van der Waals surface area (Å²) in [7, 11) is 3.00. The molecule has 0 aliphatic carbocycles. The van der Waals surface area contributed by atoms with Crippen LogP contribution < -0.4 is 9.47 Å². The Labute approximate surface area is 164 Å². The van der Waals surface area contributed by atoms with Gasteiger partial charge in [-0.2, -0.15) is 0 Å². The molecule has 0 heterocycles. The summed E-state index contributed by atoms with van der Waals surface area (Å²) in [4.78, 5) is 12.0. The van der Waals surface area contributed by atoms with Crippen LogP contribution in [-0.2, 0) is 17.6 Å². The minimum absolute atomic E-state index is 0.0347. The maximum Gasteiger partial charge on any atom is 0.336 e. The zero-order valence-corrected chi connectivity index (χ0v) is 16.7. The Kier molecular flexibility index (Phi) is 6.67. The molecule has 0 saturated carbocycles. The van der Waals surface area contributed by atoms with Gasteiger partial charge in [-0.25, -0.2) is 9.18 Å². The minimum Gasteiger partial charge on any atom is -0.496 e. The first-order chi connectivity index (χ1) is 13.1. The molecular formula is C22H27FO5. The van der Waals surface area contributed by atoms with Gasteiger partial charge in [-0.3, -0.25) is 0 Å². The predicted molar refractivity (Wildman–Crippen MR) is 104 cm³/mol. The van der Waals surface area contributed by atoms with Gasteiger partial charge in [0.25, 0.3) is 0 Å². The summed E-state index contributed by atoms with van der Waals surface area (Å²) in [6, 6.07) is 11.2. The van der Waals surface area contributed by atoms with Gasteiger partial charge in [0.05, 0.1) is 14.2 Å². The van der Waals surface area contributed by atoms with Crippen molar-refractivity contribution in [3.63, 3.8) is 0 Å². The summed E-state index contributed by atoms with van der Waals surface area (Å²) in [5.41, 5.74) is -1.42. The van der Waals surface area contributed by atoms with Crippen molar-refractivity contribution >= 4 is 5.97 Å². The number of benzene rings is 2. The van der Waals surface area contributed by atoms with Crippen molar-refractivity contribution < 1.29 is 28.9 Å². The molecule has 0 radical (unpaired) electrons. The van der Waals surface area contributed by atoms with E-state index in [2.05, 4.69) is 0 Å². The van der Waals surface area contributed by atoms with Crippen molar-refractivity contribution in [2.45, 2.75) is 38.7 Å². The van der Waals surface area contributed by atoms with Gasteiger partial charge in [0.2, 0.25) is 0 Å². The summed E-state index contributed by atoms with van der Waals surface area (Å²) in [6.07, 6.45) is 0.207. The normalized spacial score (nSPS) is 13.6. The lowest BCUT2D eigenvalue weighted by molar-refractivity contribution is -0.162. The van der Waals surface area contributed by atoms with Crippen molar-refractivity contribution in [2.75, 3.05) is 14.2 Å². The van der Waals surface area contributed by atoms with E-state index in [-0.39, 0.29) is 12.8 Å². The lowest BCUT2D eigenvalue weighted by Gasteiger charge is -2.34. The number of aliphatic hydroxyl groups is 1. The van der Waals surface area contributed by atoms with E-state index in [9.17, 15) is 19.4 Å². The van der Waals surface area contributed by atoms with Crippen LogP contribution in [0.2, 0.25) is 0 Å². The molecule has 0 fully saturated rings. The van der Waals surface area contributed by atoms with Gasteiger partial charge in [-0.1, -0.05) is 32.0 Å². The molecule has 0 aliphatic rings. The molecule has 28 heavy (non-hydrogen) atoms. The summed E-state index contributed by atoms with van der Waals surface area (Å²) in [6.45, 7) is 3.68. The fourth-order valence-corrected chi connectivity index (χ4v) is 3.63. The number of rotatable bonds is 9. The number of para-hydroxylation sites is 1. The van der Waals surface area contributed by atoms with E-state index >= 15 is 0 Å². The Hall–Kier alpha value is -2.60. The molecule has 152 valence electrons. The number of hydrogen-bond acceptors (Lipinski definition) is 4. The molecule has 0 bridgehead atoms. The minimum atomic E-state index is -2.00. The average Bonchev–Trinajstić information content (AvgIpc) is 2.61. The van der Waals surface area contributed by atoms with E-state index < -0.39 is 22.8 Å². The van der Waals surface area contributed by atoms with E-state index in [1.165, 1.54) is 26.4 Å². The highest BCUT2D eigenvalue weighted by atomic mass is 19.1. The van der Waals surface area contributed by atoms with Gasteiger partial charge >= 0.3 is 5.97 Å². The van der Waals surface area contributed by atoms with Gasteiger partial charge in [-0.05, 0) is 53.6 Å². The van der Waals surface area contributed by atoms with Gasteiger partial charge in [0.1, 0.15) is 17.3 Å². The summed E-state index contributed by atoms with van der Waals surface area (Å²) < 4.78 is 24.2. The van der Waals surface area contributed by atoms with Crippen LogP contribution in [0, 0.1) is 11.2 Å². The number of carboxylic acid groups (broad SMARTS) is 1. The standard InChI is InChI=1S/C22H27FO5/c1-21(2,12-16-11-17(23)9-10-19(16)28-4)14-22(26,20(24)25)13-15-7-5-6-8-18(15)27-3/h5-11,26H,12-14H2,1-4H3,(H,24,25). The van der Waals surface area contributed by atoms with Gasteiger partial charge in [0, 0.05) is 6.42 Å².